The van der Waals surface area contributed by atoms with Gasteiger partial charge in [-0.2, -0.15) is 0 Å². The van der Waals surface area contributed by atoms with Crippen LogP contribution in [0, 0.1) is 0 Å². The zero-order valence-electron chi connectivity index (χ0n) is 7.27. The van der Waals surface area contributed by atoms with Gasteiger partial charge in [0.1, 0.15) is 0 Å². The van der Waals surface area contributed by atoms with E-state index in [1.54, 1.807) is 0 Å². The molecule has 0 aromatic rings. The van der Waals surface area contributed by atoms with E-state index in [1.807, 2.05) is 0 Å². The Morgan fingerprint density at radius 2 is 1.73 bits per heavy atom. The molecule has 0 atom stereocenters. The van der Waals surface area contributed by atoms with Crippen LogP contribution in [0.25, 0.3) is 0 Å². The molecule has 64 valence electrons. The summed E-state index contributed by atoms with van der Waals surface area (Å²) >= 11 is 0. The van der Waals surface area contributed by atoms with Gasteiger partial charge in [-0.3, -0.25) is 4.90 Å². The molecule has 1 aliphatic rings. The Morgan fingerprint density at radius 1 is 1.27 bits per heavy atom. The van der Waals surface area contributed by atoms with E-state index in [0.29, 0.717) is 13.3 Å². The van der Waals surface area contributed by atoms with Gasteiger partial charge in [-0.25, -0.2) is 4.79 Å². The lowest BCUT2D eigenvalue weighted by Gasteiger charge is -2.38. The molecule has 1 aliphatic heterocycles. The maximum absolute atomic E-state index is 10.7. The molecule has 0 saturated carbocycles. The number of nitrogens with zero attached hydrogens (tertiary/aromatic N) is 1. The van der Waals surface area contributed by atoms with Crippen LogP contribution in [0.15, 0.2) is 0 Å². The van der Waals surface area contributed by atoms with Crippen molar-refractivity contribution >= 4 is 6.03 Å². The highest BCUT2D eigenvalue weighted by molar-refractivity contribution is 5.74. The zero-order valence-corrected chi connectivity index (χ0v) is 7.27. The molecule has 1 heterocycles. The van der Waals surface area contributed by atoms with Gasteiger partial charge in [0.2, 0.25) is 0 Å². The molecule has 2 amide bonds. The standard InChI is InChI=1S/C7H15N3O/c1-7(2,3)10-4-8-6(11)9-5-10/h4-5H2,1-3H3,(H2,8,9,11). The minimum Gasteiger partial charge on any atom is -0.325 e. The fourth-order valence-electron chi connectivity index (χ4n) is 0.927. The Kier molecular flexibility index (Phi) is 2.04. The lowest BCUT2D eigenvalue weighted by molar-refractivity contribution is 0.1000. The molecule has 1 fully saturated rings. The van der Waals surface area contributed by atoms with Crippen LogP contribution in [-0.2, 0) is 0 Å². The van der Waals surface area contributed by atoms with Crippen LogP contribution < -0.4 is 10.6 Å². The van der Waals surface area contributed by atoms with Crippen molar-refractivity contribution < 1.29 is 4.79 Å². The number of urea groups is 1. The van der Waals surface area contributed by atoms with E-state index in [1.165, 1.54) is 0 Å². The van der Waals surface area contributed by atoms with Crippen LogP contribution >= 0.6 is 0 Å². The van der Waals surface area contributed by atoms with Crippen molar-refractivity contribution in [3.05, 3.63) is 0 Å². The highest BCUT2D eigenvalue weighted by Crippen LogP contribution is 2.11. The average molecular weight is 157 g/mol. The predicted octanol–water partition coefficient (Wildman–Crippen LogP) is 0.315. The second-order valence-corrected chi connectivity index (χ2v) is 3.71. The van der Waals surface area contributed by atoms with Crippen LogP contribution in [-0.4, -0.2) is 29.8 Å². The van der Waals surface area contributed by atoms with Gasteiger partial charge in [0.25, 0.3) is 0 Å². The van der Waals surface area contributed by atoms with Crippen molar-refractivity contribution in [2.75, 3.05) is 13.3 Å². The third-order valence-electron chi connectivity index (χ3n) is 1.81. The van der Waals surface area contributed by atoms with E-state index in [4.69, 9.17) is 0 Å². The molecule has 0 aliphatic carbocycles. The zero-order chi connectivity index (χ0) is 8.48. The topological polar surface area (TPSA) is 44.4 Å². The first kappa shape index (κ1) is 8.33. The molecule has 0 radical (unpaired) electrons. The van der Waals surface area contributed by atoms with Gasteiger partial charge in [0.05, 0.1) is 13.3 Å². The number of hydrogen-bond acceptors (Lipinski definition) is 2. The summed E-state index contributed by atoms with van der Waals surface area (Å²) in [6, 6.07) is -0.0782. The lowest BCUT2D eigenvalue weighted by Crippen LogP contribution is -2.59. The largest absolute Gasteiger partial charge is 0.325 e. The number of carbonyl (C=O) groups excluding carboxylic acids is 1. The first-order valence-corrected chi connectivity index (χ1v) is 3.77. The molecular formula is C7H15N3O. The predicted molar refractivity (Wildman–Crippen MR) is 43.0 cm³/mol. The molecule has 11 heavy (non-hydrogen) atoms. The Balaban J connectivity index is 2.45. The van der Waals surface area contributed by atoms with Gasteiger partial charge < -0.3 is 10.6 Å². The van der Waals surface area contributed by atoms with Crippen LogP contribution in [0.3, 0.4) is 0 Å². The Morgan fingerprint density at radius 3 is 2.09 bits per heavy atom. The molecule has 1 rings (SSSR count). The van der Waals surface area contributed by atoms with Crippen molar-refractivity contribution in [2.24, 2.45) is 0 Å². The van der Waals surface area contributed by atoms with E-state index in [9.17, 15) is 4.79 Å². The van der Waals surface area contributed by atoms with Gasteiger partial charge in [-0.05, 0) is 20.8 Å². The van der Waals surface area contributed by atoms with Crippen molar-refractivity contribution in [3.63, 3.8) is 0 Å². The van der Waals surface area contributed by atoms with E-state index in [2.05, 4.69) is 36.3 Å². The Labute approximate surface area is 66.9 Å². The Bertz CT molecular complexity index is 152. The van der Waals surface area contributed by atoms with Crippen LogP contribution in [0.5, 0.6) is 0 Å². The summed E-state index contributed by atoms with van der Waals surface area (Å²) in [5.74, 6) is 0. The van der Waals surface area contributed by atoms with E-state index in [0.717, 1.165) is 0 Å². The number of amides is 2. The Hall–Kier alpha value is -0.770. The van der Waals surface area contributed by atoms with Gasteiger partial charge in [-0.15, -0.1) is 0 Å². The lowest BCUT2D eigenvalue weighted by atomic mass is 10.1. The van der Waals surface area contributed by atoms with Crippen LogP contribution in [0.2, 0.25) is 0 Å². The molecule has 0 spiro atoms. The van der Waals surface area contributed by atoms with Crippen molar-refractivity contribution in [1.82, 2.24) is 15.5 Å². The highest BCUT2D eigenvalue weighted by Gasteiger charge is 2.24. The first-order valence-electron chi connectivity index (χ1n) is 3.77. The van der Waals surface area contributed by atoms with E-state index in [-0.39, 0.29) is 11.6 Å². The summed E-state index contributed by atoms with van der Waals surface area (Å²) in [4.78, 5) is 12.8. The van der Waals surface area contributed by atoms with Gasteiger partial charge >= 0.3 is 6.03 Å². The average Bonchev–Trinajstić information content (AvgIpc) is 1.86. The third kappa shape index (κ3) is 2.08. The summed E-state index contributed by atoms with van der Waals surface area (Å²) in [5, 5.41) is 5.43. The summed E-state index contributed by atoms with van der Waals surface area (Å²) in [6.07, 6.45) is 0. The molecule has 4 heteroatoms. The monoisotopic (exact) mass is 157 g/mol. The number of rotatable bonds is 0. The molecule has 0 bridgehead atoms. The summed E-state index contributed by atoms with van der Waals surface area (Å²) < 4.78 is 0. The normalized spacial score (nSPS) is 20.8. The van der Waals surface area contributed by atoms with Crippen molar-refractivity contribution in [1.29, 1.82) is 0 Å². The molecule has 0 unspecified atom stereocenters. The summed E-state index contributed by atoms with van der Waals surface area (Å²) in [6.45, 7) is 7.62. The van der Waals surface area contributed by atoms with Crippen LogP contribution in [0.1, 0.15) is 20.8 Å². The van der Waals surface area contributed by atoms with Crippen molar-refractivity contribution in [3.8, 4) is 0 Å². The van der Waals surface area contributed by atoms with E-state index < -0.39 is 0 Å². The minimum atomic E-state index is -0.0782. The van der Waals surface area contributed by atoms with Crippen LogP contribution in [0.4, 0.5) is 4.79 Å². The smallest absolute Gasteiger partial charge is 0.316 e. The quantitative estimate of drug-likeness (QED) is 0.531. The molecule has 0 aromatic carbocycles. The molecule has 4 nitrogen and oxygen atoms in total. The number of nitrogens with one attached hydrogen (secondary N) is 2. The van der Waals surface area contributed by atoms with Gasteiger partial charge in [0, 0.05) is 5.54 Å². The number of carbonyl (C=O) groups is 1. The summed E-state index contributed by atoms with van der Waals surface area (Å²) in [7, 11) is 0. The summed E-state index contributed by atoms with van der Waals surface area (Å²) in [5.41, 5.74) is 0.112. The third-order valence-corrected chi connectivity index (χ3v) is 1.81. The van der Waals surface area contributed by atoms with Gasteiger partial charge in [-0.1, -0.05) is 0 Å². The fraction of sp³-hybridized carbons (Fsp3) is 0.857. The van der Waals surface area contributed by atoms with Gasteiger partial charge in [0.15, 0.2) is 0 Å². The van der Waals surface area contributed by atoms with E-state index >= 15 is 0 Å². The number of hydrogen-bond donors (Lipinski definition) is 2. The molecule has 0 aromatic heterocycles. The molecular weight excluding hydrogens is 142 g/mol. The highest BCUT2D eigenvalue weighted by atomic mass is 16.2. The fourth-order valence-corrected chi connectivity index (χ4v) is 0.927. The maximum atomic E-state index is 10.7. The first-order chi connectivity index (χ1) is 5.00. The maximum Gasteiger partial charge on any atom is 0.316 e. The van der Waals surface area contributed by atoms with Crippen molar-refractivity contribution in [2.45, 2.75) is 26.3 Å². The molecule has 1 saturated heterocycles. The second kappa shape index (κ2) is 2.70. The molecule has 2 N–H and O–H groups in total. The minimum absolute atomic E-state index is 0.0782. The SMILES string of the molecule is CC(C)(C)N1CNC(=O)NC1. The second-order valence-electron chi connectivity index (χ2n) is 3.71.